The Bertz CT molecular complexity index is 1200. The molecule has 3 aromatic rings. The Morgan fingerprint density at radius 3 is 2.24 bits per heavy atom. The maximum absolute atomic E-state index is 14.0. The van der Waals surface area contributed by atoms with Gasteiger partial charge in [-0.25, -0.2) is 17.2 Å². The number of carbonyl (C=O) groups is 1. The van der Waals surface area contributed by atoms with Crippen LogP contribution in [0.25, 0.3) is 0 Å². The lowest BCUT2D eigenvalue weighted by Gasteiger charge is -2.23. The molecule has 0 radical (unpaired) electrons. The van der Waals surface area contributed by atoms with Crippen LogP contribution in [0.1, 0.15) is 24.1 Å². The summed E-state index contributed by atoms with van der Waals surface area (Å²) in [5.74, 6) is -0.852. The minimum absolute atomic E-state index is 0.157. The Balaban J connectivity index is 1.61. The lowest BCUT2D eigenvalue weighted by molar-refractivity contribution is -0.123. The van der Waals surface area contributed by atoms with E-state index in [-0.39, 0.29) is 36.5 Å². The first-order valence-electron chi connectivity index (χ1n) is 10.1. The monoisotopic (exact) mass is 474 g/mol. The number of anilines is 1. The standard InChI is InChI=1S/C24H24F2N2O4S/c1-17(18-7-9-20(25)10-8-18)27-24(29)16-32-22-13-11-21(12-14-22)28(33(2,30)31)15-19-5-3-4-6-23(19)26/h3-14,17H,15-16H2,1-2H3,(H,27,29)/t17-/m0/s1. The van der Waals surface area contributed by atoms with Gasteiger partial charge in [0, 0.05) is 5.56 Å². The number of amides is 1. The molecule has 174 valence electrons. The van der Waals surface area contributed by atoms with Crippen LogP contribution in [-0.4, -0.2) is 27.2 Å². The second-order valence-electron chi connectivity index (χ2n) is 7.48. The van der Waals surface area contributed by atoms with E-state index < -0.39 is 15.8 Å². The first-order valence-corrected chi connectivity index (χ1v) is 12.0. The Kier molecular flexibility index (Phi) is 7.65. The molecule has 0 fully saturated rings. The third-order valence-corrected chi connectivity index (χ3v) is 6.05. The first-order chi connectivity index (χ1) is 15.6. The van der Waals surface area contributed by atoms with Crippen molar-refractivity contribution in [1.29, 1.82) is 0 Å². The van der Waals surface area contributed by atoms with Crippen molar-refractivity contribution in [2.45, 2.75) is 19.5 Å². The van der Waals surface area contributed by atoms with E-state index in [9.17, 15) is 22.0 Å². The van der Waals surface area contributed by atoms with E-state index in [4.69, 9.17) is 4.74 Å². The molecule has 33 heavy (non-hydrogen) atoms. The van der Waals surface area contributed by atoms with Gasteiger partial charge in [0.25, 0.3) is 5.91 Å². The van der Waals surface area contributed by atoms with Gasteiger partial charge in [-0.1, -0.05) is 30.3 Å². The van der Waals surface area contributed by atoms with E-state index in [1.807, 2.05) is 0 Å². The molecule has 1 N–H and O–H groups in total. The third-order valence-electron chi connectivity index (χ3n) is 4.91. The summed E-state index contributed by atoms with van der Waals surface area (Å²) >= 11 is 0. The quantitative estimate of drug-likeness (QED) is 0.505. The Hall–Kier alpha value is -3.46. The highest BCUT2D eigenvalue weighted by Gasteiger charge is 2.19. The van der Waals surface area contributed by atoms with Gasteiger partial charge < -0.3 is 10.1 Å². The van der Waals surface area contributed by atoms with Crippen LogP contribution in [-0.2, 0) is 21.4 Å². The lowest BCUT2D eigenvalue weighted by Crippen LogP contribution is -2.31. The van der Waals surface area contributed by atoms with E-state index in [2.05, 4.69) is 5.32 Å². The largest absolute Gasteiger partial charge is 0.484 e. The van der Waals surface area contributed by atoms with Gasteiger partial charge in [-0.2, -0.15) is 0 Å². The molecule has 0 bridgehead atoms. The molecule has 0 spiro atoms. The van der Waals surface area contributed by atoms with Crippen molar-refractivity contribution < 1.29 is 26.7 Å². The van der Waals surface area contributed by atoms with Gasteiger partial charge in [-0.15, -0.1) is 0 Å². The van der Waals surface area contributed by atoms with Gasteiger partial charge in [-0.3, -0.25) is 9.10 Å². The van der Waals surface area contributed by atoms with Gasteiger partial charge in [0.15, 0.2) is 6.61 Å². The van der Waals surface area contributed by atoms with Crippen molar-refractivity contribution in [3.05, 3.63) is 95.6 Å². The van der Waals surface area contributed by atoms with Crippen LogP contribution in [0, 0.1) is 11.6 Å². The van der Waals surface area contributed by atoms with E-state index in [0.717, 1.165) is 16.1 Å². The van der Waals surface area contributed by atoms with Gasteiger partial charge in [0.1, 0.15) is 17.4 Å². The Morgan fingerprint density at radius 1 is 1.00 bits per heavy atom. The average molecular weight is 475 g/mol. The SMILES string of the molecule is C[C@H](NC(=O)COc1ccc(N(Cc2ccccc2F)S(C)(=O)=O)cc1)c1ccc(F)cc1. The summed E-state index contributed by atoms with van der Waals surface area (Å²) in [6, 6.07) is 17.6. The van der Waals surface area contributed by atoms with Crippen molar-refractivity contribution in [2.75, 3.05) is 17.2 Å². The molecule has 9 heteroatoms. The molecular formula is C24H24F2N2O4S. The van der Waals surface area contributed by atoms with E-state index >= 15 is 0 Å². The van der Waals surface area contributed by atoms with Crippen molar-refractivity contribution in [1.82, 2.24) is 5.32 Å². The zero-order valence-corrected chi connectivity index (χ0v) is 19.0. The molecule has 1 atom stereocenters. The van der Waals surface area contributed by atoms with Crippen LogP contribution < -0.4 is 14.4 Å². The summed E-state index contributed by atoms with van der Waals surface area (Å²) in [6.07, 6.45) is 1.05. The van der Waals surface area contributed by atoms with Crippen LogP contribution in [0.3, 0.4) is 0 Å². The van der Waals surface area contributed by atoms with E-state index in [1.54, 1.807) is 25.1 Å². The predicted octanol–water partition coefficient (Wildman–Crippen LogP) is 4.19. The molecule has 6 nitrogen and oxygen atoms in total. The van der Waals surface area contributed by atoms with Gasteiger partial charge in [-0.05, 0) is 55.0 Å². The number of nitrogens with zero attached hydrogens (tertiary/aromatic N) is 1. The van der Waals surface area contributed by atoms with Crippen molar-refractivity contribution in [2.24, 2.45) is 0 Å². The zero-order valence-electron chi connectivity index (χ0n) is 18.2. The van der Waals surface area contributed by atoms with Crippen LogP contribution in [0.4, 0.5) is 14.5 Å². The van der Waals surface area contributed by atoms with Gasteiger partial charge in [0.2, 0.25) is 10.0 Å². The molecule has 0 aliphatic heterocycles. The number of hydrogen-bond donors (Lipinski definition) is 1. The van der Waals surface area contributed by atoms with E-state index in [0.29, 0.717) is 11.4 Å². The summed E-state index contributed by atoms with van der Waals surface area (Å²) in [7, 11) is -3.68. The van der Waals surface area contributed by atoms with E-state index in [1.165, 1.54) is 54.6 Å². The highest BCUT2D eigenvalue weighted by Crippen LogP contribution is 2.24. The summed E-state index contributed by atoms with van der Waals surface area (Å²) in [4.78, 5) is 12.2. The number of nitrogens with one attached hydrogen (secondary N) is 1. The Labute approximate surface area is 191 Å². The highest BCUT2D eigenvalue weighted by atomic mass is 32.2. The summed E-state index contributed by atoms with van der Waals surface area (Å²) < 4.78 is 58.2. The number of halogens is 2. The number of benzene rings is 3. The van der Waals surface area contributed by atoms with Crippen LogP contribution in [0.15, 0.2) is 72.8 Å². The predicted molar refractivity (Wildman–Crippen MR) is 122 cm³/mol. The topological polar surface area (TPSA) is 75.7 Å². The maximum Gasteiger partial charge on any atom is 0.258 e. The van der Waals surface area contributed by atoms with Crippen LogP contribution in [0.5, 0.6) is 5.75 Å². The number of rotatable bonds is 9. The van der Waals surface area contributed by atoms with Gasteiger partial charge >= 0.3 is 0 Å². The smallest absolute Gasteiger partial charge is 0.258 e. The lowest BCUT2D eigenvalue weighted by atomic mass is 10.1. The minimum Gasteiger partial charge on any atom is -0.484 e. The molecule has 3 rings (SSSR count). The minimum atomic E-state index is -3.68. The second-order valence-corrected chi connectivity index (χ2v) is 9.39. The highest BCUT2D eigenvalue weighted by molar-refractivity contribution is 7.92. The summed E-state index contributed by atoms with van der Waals surface area (Å²) in [6.45, 7) is 1.36. The summed E-state index contributed by atoms with van der Waals surface area (Å²) in [5, 5.41) is 2.76. The van der Waals surface area contributed by atoms with Crippen molar-refractivity contribution in [3.63, 3.8) is 0 Å². The number of ether oxygens (including phenoxy) is 1. The maximum atomic E-state index is 14.0. The van der Waals surface area contributed by atoms with Crippen molar-refractivity contribution >= 4 is 21.6 Å². The van der Waals surface area contributed by atoms with Crippen molar-refractivity contribution in [3.8, 4) is 5.75 Å². The number of sulfonamides is 1. The fraction of sp³-hybridized carbons (Fsp3) is 0.208. The average Bonchev–Trinajstić information content (AvgIpc) is 2.77. The summed E-state index contributed by atoms with van der Waals surface area (Å²) in [5.41, 5.74) is 1.34. The molecule has 0 saturated heterocycles. The molecule has 0 aromatic heterocycles. The molecule has 0 aliphatic carbocycles. The molecule has 3 aromatic carbocycles. The van der Waals surface area contributed by atoms with Crippen LogP contribution >= 0.6 is 0 Å². The fourth-order valence-corrected chi connectivity index (χ4v) is 4.04. The number of hydrogen-bond acceptors (Lipinski definition) is 4. The second kappa shape index (κ2) is 10.4. The number of carbonyl (C=O) groups excluding carboxylic acids is 1. The third kappa shape index (κ3) is 6.76. The molecule has 0 saturated carbocycles. The molecule has 1 amide bonds. The molecule has 0 heterocycles. The molecule has 0 aliphatic rings. The first kappa shape index (κ1) is 24.2. The van der Waals surface area contributed by atoms with Crippen LogP contribution in [0.2, 0.25) is 0 Å². The molecule has 0 unspecified atom stereocenters. The van der Waals surface area contributed by atoms with Gasteiger partial charge in [0.05, 0.1) is 24.5 Å². The normalized spacial score (nSPS) is 12.1. The zero-order chi connectivity index (χ0) is 24.0. The fourth-order valence-electron chi connectivity index (χ4n) is 3.16. The Morgan fingerprint density at radius 2 is 1.64 bits per heavy atom. The molecular weight excluding hydrogens is 450 g/mol.